The molecule has 1 aromatic heterocycles. The van der Waals surface area contributed by atoms with Crippen molar-refractivity contribution in [2.45, 2.75) is 25.4 Å². The number of aromatic nitrogens is 1. The Balaban J connectivity index is 1.52. The first-order valence-corrected chi connectivity index (χ1v) is 7.79. The maximum Gasteiger partial charge on any atom is 0.339 e. The Bertz CT molecular complexity index is 621. The van der Waals surface area contributed by atoms with Crippen molar-refractivity contribution in [2.75, 3.05) is 13.2 Å². The first-order valence-electron chi connectivity index (χ1n) is 7.79. The third kappa shape index (κ3) is 4.53. The van der Waals surface area contributed by atoms with Crippen molar-refractivity contribution in [1.29, 1.82) is 0 Å². The van der Waals surface area contributed by atoms with Crippen LogP contribution in [0.4, 0.5) is 0 Å². The van der Waals surface area contributed by atoms with E-state index >= 15 is 0 Å². The van der Waals surface area contributed by atoms with Crippen LogP contribution in [0.25, 0.3) is 0 Å². The average molecular weight is 313 g/mol. The fourth-order valence-corrected chi connectivity index (χ4v) is 2.36. The molecule has 23 heavy (non-hydrogen) atoms. The van der Waals surface area contributed by atoms with E-state index in [0.29, 0.717) is 23.8 Å². The van der Waals surface area contributed by atoms with E-state index < -0.39 is 5.97 Å². The Kier molecular flexibility index (Phi) is 5.21. The van der Waals surface area contributed by atoms with Crippen LogP contribution in [0.1, 0.15) is 29.6 Å². The van der Waals surface area contributed by atoms with Gasteiger partial charge >= 0.3 is 5.97 Å². The maximum absolute atomic E-state index is 12.0. The van der Waals surface area contributed by atoms with Crippen molar-refractivity contribution in [2.24, 2.45) is 0 Å². The van der Waals surface area contributed by atoms with Gasteiger partial charge in [0.15, 0.2) is 0 Å². The average Bonchev–Trinajstić information content (AvgIpc) is 2.62. The quantitative estimate of drug-likeness (QED) is 0.789. The molecular weight excluding hydrogens is 294 g/mol. The molecule has 1 fully saturated rings. The van der Waals surface area contributed by atoms with Crippen molar-refractivity contribution in [3.8, 4) is 11.6 Å². The van der Waals surface area contributed by atoms with Crippen LogP contribution in [0.3, 0.4) is 0 Å². The number of carbonyl (C=O) groups is 1. The van der Waals surface area contributed by atoms with E-state index in [1.54, 1.807) is 12.1 Å². The predicted octanol–water partition coefficient (Wildman–Crippen LogP) is 3.60. The lowest BCUT2D eigenvalue weighted by Gasteiger charge is -2.22. The normalized spacial score (nSPS) is 17.5. The lowest BCUT2D eigenvalue weighted by Crippen LogP contribution is -2.25. The van der Waals surface area contributed by atoms with Crippen molar-refractivity contribution >= 4 is 5.97 Å². The summed E-state index contributed by atoms with van der Waals surface area (Å²) in [5, 5.41) is 0. The van der Waals surface area contributed by atoms with Gasteiger partial charge in [0.05, 0.1) is 11.7 Å². The third-order valence-corrected chi connectivity index (χ3v) is 3.61. The summed E-state index contributed by atoms with van der Waals surface area (Å²) in [6.45, 7) is 1.04. The Morgan fingerprint density at radius 2 is 2.04 bits per heavy atom. The number of nitrogens with zero attached hydrogens (tertiary/aromatic N) is 1. The molecule has 0 spiro atoms. The fraction of sp³-hybridized carbons (Fsp3) is 0.333. The molecule has 120 valence electrons. The third-order valence-electron chi connectivity index (χ3n) is 3.61. The molecule has 2 heterocycles. The molecule has 0 aliphatic carbocycles. The Hall–Kier alpha value is -2.40. The summed E-state index contributed by atoms with van der Waals surface area (Å²) in [6.07, 6.45) is 4.62. The van der Waals surface area contributed by atoms with E-state index in [-0.39, 0.29) is 6.10 Å². The van der Waals surface area contributed by atoms with Crippen molar-refractivity contribution in [3.05, 3.63) is 54.2 Å². The van der Waals surface area contributed by atoms with E-state index in [2.05, 4.69) is 4.98 Å². The molecule has 5 heteroatoms. The number of hydrogen-bond donors (Lipinski definition) is 0. The number of pyridine rings is 1. The summed E-state index contributed by atoms with van der Waals surface area (Å²) in [4.78, 5) is 16.1. The largest absolute Gasteiger partial charge is 0.459 e. The van der Waals surface area contributed by atoms with Gasteiger partial charge in [0.1, 0.15) is 12.4 Å². The van der Waals surface area contributed by atoms with E-state index in [1.165, 1.54) is 6.20 Å². The second-order valence-electron chi connectivity index (χ2n) is 5.39. The highest BCUT2D eigenvalue weighted by Crippen LogP contribution is 2.19. The van der Waals surface area contributed by atoms with Crippen LogP contribution in [0.5, 0.6) is 11.6 Å². The molecule has 5 nitrogen and oxygen atoms in total. The minimum Gasteiger partial charge on any atom is -0.459 e. The number of hydrogen-bond acceptors (Lipinski definition) is 5. The molecule has 0 amide bonds. The van der Waals surface area contributed by atoms with Crippen molar-refractivity contribution in [3.63, 3.8) is 0 Å². The van der Waals surface area contributed by atoms with Gasteiger partial charge in [0.2, 0.25) is 5.88 Å². The number of benzene rings is 1. The first kappa shape index (κ1) is 15.5. The standard InChI is InChI=1S/C18H19NO4/c20-18(22-13-16-8-4-5-11-21-16)14-9-10-17(19-12-14)23-15-6-2-1-3-7-15/h1-3,6-7,9-10,12,16H,4-5,8,11,13H2. The molecule has 0 bridgehead atoms. The summed E-state index contributed by atoms with van der Waals surface area (Å²) in [7, 11) is 0. The van der Waals surface area contributed by atoms with Gasteiger partial charge in [0, 0.05) is 18.9 Å². The molecule has 2 aromatic rings. The fourth-order valence-electron chi connectivity index (χ4n) is 2.36. The second-order valence-corrected chi connectivity index (χ2v) is 5.39. The molecule has 1 atom stereocenters. The topological polar surface area (TPSA) is 57.7 Å². The molecule has 0 N–H and O–H groups in total. The maximum atomic E-state index is 12.0. The Morgan fingerprint density at radius 3 is 2.74 bits per heavy atom. The molecule has 1 saturated heterocycles. The van der Waals surface area contributed by atoms with Crippen molar-refractivity contribution in [1.82, 2.24) is 4.98 Å². The summed E-state index contributed by atoms with van der Waals surface area (Å²) in [6, 6.07) is 12.7. The van der Waals surface area contributed by atoms with Crippen LogP contribution < -0.4 is 4.74 Å². The molecule has 0 saturated carbocycles. The van der Waals surface area contributed by atoms with Gasteiger partial charge in [-0.2, -0.15) is 0 Å². The zero-order chi connectivity index (χ0) is 15.9. The monoisotopic (exact) mass is 313 g/mol. The van der Waals surface area contributed by atoms with Crippen LogP contribution in [0.2, 0.25) is 0 Å². The Labute approximate surface area is 135 Å². The number of esters is 1. The molecule has 3 rings (SSSR count). The zero-order valence-corrected chi connectivity index (χ0v) is 12.8. The molecule has 1 aliphatic rings. The SMILES string of the molecule is O=C(OCC1CCCCO1)c1ccc(Oc2ccccc2)nc1. The predicted molar refractivity (Wildman–Crippen MR) is 84.6 cm³/mol. The Morgan fingerprint density at radius 1 is 1.17 bits per heavy atom. The van der Waals surface area contributed by atoms with E-state index in [1.807, 2.05) is 30.3 Å². The highest BCUT2D eigenvalue weighted by Gasteiger charge is 2.17. The zero-order valence-electron chi connectivity index (χ0n) is 12.8. The van der Waals surface area contributed by atoms with Crippen molar-refractivity contribution < 1.29 is 19.0 Å². The first-order chi connectivity index (χ1) is 11.3. The highest BCUT2D eigenvalue weighted by molar-refractivity contribution is 5.89. The number of para-hydroxylation sites is 1. The van der Waals surface area contributed by atoms with E-state index in [4.69, 9.17) is 14.2 Å². The molecule has 1 aromatic carbocycles. The molecule has 1 unspecified atom stereocenters. The van der Waals surface area contributed by atoms with Crippen LogP contribution in [-0.4, -0.2) is 30.3 Å². The van der Waals surface area contributed by atoms with Crippen LogP contribution in [0, 0.1) is 0 Å². The lowest BCUT2D eigenvalue weighted by atomic mass is 10.1. The van der Waals surface area contributed by atoms with Gasteiger partial charge in [-0.15, -0.1) is 0 Å². The van der Waals surface area contributed by atoms with E-state index in [0.717, 1.165) is 25.9 Å². The summed E-state index contributed by atoms with van der Waals surface area (Å²) < 4.78 is 16.4. The molecular formula is C18H19NO4. The van der Waals surface area contributed by atoms with Gasteiger partial charge in [0.25, 0.3) is 0 Å². The smallest absolute Gasteiger partial charge is 0.339 e. The van der Waals surface area contributed by atoms with Gasteiger partial charge in [-0.25, -0.2) is 9.78 Å². The van der Waals surface area contributed by atoms with Gasteiger partial charge in [-0.1, -0.05) is 18.2 Å². The van der Waals surface area contributed by atoms with Gasteiger partial charge in [-0.05, 0) is 37.5 Å². The molecule has 0 radical (unpaired) electrons. The van der Waals surface area contributed by atoms with Crippen LogP contribution in [-0.2, 0) is 9.47 Å². The summed E-state index contributed by atoms with van der Waals surface area (Å²) >= 11 is 0. The lowest BCUT2D eigenvalue weighted by molar-refractivity contribution is -0.0300. The number of rotatable bonds is 5. The highest BCUT2D eigenvalue weighted by atomic mass is 16.6. The van der Waals surface area contributed by atoms with E-state index in [9.17, 15) is 4.79 Å². The molecule has 1 aliphatic heterocycles. The number of carbonyl (C=O) groups excluding carboxylic acids is 1. The van der Waals surface area contributed by atoms with Gasteiger partial charge < -0.3 is 14.2 Å². The van der Waals surface area contributed by atoms with Crippen LogP contribution >= 0.6 is 0 Å². The second kappa shape index (κ2) is 7.74. The van der Waals surface area contributed by atoms with Crippen LogP contribution in [0.15, 0.2) is 48.7 Å². The summed E-state index contributed by atoms with van der Waals surface area (Å²) in [5.74, 6) is 0.742. The minimum absolute atomic E-state index is 0.0151. The minimum atomic E-state index is -0.391. The van der Waals surface area contributed by atoms with Gasteiger partial charge in [-0.3, -0.25) is 0 Å². The number of ether oxygens (including phenoxy) is 3. The summed E-state index contributed by atoms with van der Waals surface area (Å²) in [5.41, 5.74) is 0.404.